The zero-order valence-corrected chi connectivity index (χ0v) is 17.5. The molecule has 0 fully saturated rings. The van der Waals surface area contributed by atoms with Crippen LogP contribution in [0.15, 0.2) is 59.4 Å². The second-order valence-corrected chi connectivity index (χ2v) is 7.56. The number of carbonyl (C=O) groups is 2. The monoisotopic (exact) mass is 407 g/mol. The van der Waals surface area contributed by atoms with E-state index in [0.29, 0.717) is 23.0 Å². The van der Waals surface area contributed by atoms with E-state index in [1.807, 2.05) is 32.0 Å². The van der Waals surface area contributed by atoms with Crippen LogP contribution >= 0.6 is 0 Å². The lowest BCUT2D eigenvalue weighted by Gasteiger charge is -2.21. The van der Waals surface area contributed by atoms with Crippen LogP contribution in [-0.4, -0.2) is 34.8 Å². The van der Waals surface area contributed by atoms with E-state index in [9.17, 15) is 14.4 Å². The fourth-order valence-electron chi connectivity index (χ4n) is 3.17. The normalized spacial score (nSPS) is 12.0. The molecule has 0 radical (unpaired) electrons. The van der Waals surface area contributed by atoms with Crippen molar-refractivity contribution in [1.29, 1.82) is 0 Å². The molecule has 30 heavy (non-hydrogen) atoms. The fourth-order valence-corrected chi connectivity index (χ4v) is 3.17. The van der Waals surface area contributed by atoms with Crippen LogP contribution in [0.2, 0.25) is 0 Å². The van der Waals surface area contributed by atoms with Gasteiger partial charge in [-0.05, 0) is 31.0 Å². The summed E-state index contributed by atoms with van der Waals surface area (Å²) in [6, 6.07) is 15.9. The van der Waals surface area contributed by atoms with E-state index in [1.54, 1.807) is 43.4 Å². The smallest absolute Gasteiger partial charge is 0.360 e. The summed E-state index contributed by atoms with van der Waals surface area (Å²) in [5.74, 6) is -0.944. The van der Waals surface area contributed by atoms with Gasteiger partial charge in [-0.25, -0.2) is 9.48 Å². The maximum absolute atomic E-state index is 12.9. The highest BCUT2D eigenvalue weighted by molar-refractivity contribution is 6.04. The van der Waals surface area contributed by atoms with Gasteiger partial charge in [0.05, 0.1) is 5.39 Å². The maximum Gasteiger partial charge on any atom is 0.360 e. The van der Waals surface area contributed by atoms with E-state index in [2.05, 4.69) is 5.10 Å². The fraction of sp³-hybridized carbons (Fsp3) is 0.304. The molecule has 3 rings (SSSR count). The first-order valence-electron chi connectivity index (χ1n) is 9.83. The van der Waals surface area contributed by atoms with E-state index in [0.717, 1.165) is 0 Å². The number of likely N-dealkylation sites (N-methyl/N-ethyl adjacent to an activating group) is 1. The Labute approximate surface area is 174 Å². The predicted molar refractivity (Wildman–Crippen MR) is 116 cm³/mol. The van der Waals surface area contributed by atoms with Crippen molar-refractivity contribution in [2.75, 3.05) is 11.9 Å². The van der Waals surface area contributed by atoms with Crippen LogP contribution in [0.25, 0.3) is 10.8 Å². The first kappa shape index (κ1) is 21.2. The molecule has 1 heterocycles. The van der Waals surface area contributed by atoms with Crippen molar-refractivity contribution >= 4 is 28.3 Å². The number of esters is 1. The first-order chi connectivity index (χ1) is 14.3. The number of hydrogen-bond acceptors (Lipinski definition) is 5. The largest absolute Gasteiger partial charge is 0.448 e. The van der Waals surface area contributed by atoms with Crippen LogP contribution in [0.5, 0.6) is 0 Å². The van der Waals surface area contributed by atoms with Crippen LogP contribution < -0.4 is 10.5 Å². The van der Waals surface area contributed by atoms with Gasteiger partial charge in [0.25, 0.3) is 11.5 Å². The van der Waals surface area contributed by atoms with Gasteiger partial charge in [-0.2, -0.15) is 5.10 Å². The number of aromatic nitrogens is 2. The van der Waals surface area contributed by atoms with Crippen molar-refractivity contribution in [2.24, 2.45) is 5.92 Å². The molecule has 1 atom stereocenters. The highest BCUT2D eigenvalue weighted by Gasteiger charge is 2.26. The molecule has 7 heteroatoms. The number of anilines is 1. The molecular formula is C23H25N3O4. The van der Waals surface area contributed by atoms with Gasteiger partial charge in [-0.1, -0.05) is 50.2 Å². The lowest BCUT2D eigenvalue weighted by Crippen LogP contribution is -2.38. The topological polar surface area (TPSA) is 81.5 Å². The second-order valence-electron chi connectivity index (χ2n) is 7.56. The van der Waals surface area contributed by atoms with Gasteiger partial charge < -0.3 is 9.64 Å². The van der Waals surface area contributed by atoms with E-state index in [4.69, 9.17) is 4.74 Å². The summed E-state index contributed by atoms with van der Waals surface area (Å²) in [6.07, 6.45) is -1.02. The van der Waals surface area contributed by atoms with E-state index in [1.165, 1.54) is 16.5 Å². The van der Waals surface area contributed by atoms with E-state index in [-0.39, 0.29) is 23.1 Å². The van der Waals surface area contributed by atoms with Gasteiger partial charge in [0.2, 0.25) is 0 Å². The van der Waals surface area contributed by atoms with Gasteiger partial charge in [0.1, 0.15) is 0 Å². The van der Waals surface area contributed by atoms with Crippen molar-refractivity contribution in [3.63, 3.8) is 0 Å². The lowest BCUT2D eigenvalue weighted by molar-refractivity contribution is -0.126. The number of para-hydroxylation sites is 1. The summed E-state index contributed by atoms with van der Waals surface area (Å²) in [4.78, 5) is 39.8. The quantitative estimate of drug-likeness (QED) is 0.586. The molecule has 0 aliphatic carbocycles. The van der Waals surface area contributed by atoms with Crippen molar-refractivity contribution in [2.45, 2.75) is 33.4 Å². The summed E-state index contributed by atoms with van der Waals surface area (Å²) in [5.41, 5.74) is 0.455. The number of ether oxygens (including phenoxy) is 1. The summed E-state index contributed by atoms with van der Waals surface area (Å²) < 4.78 is 6.72. The summed E-state index contributed by atoms with van der Waals surface area (Å²) in [5, 5.41) is 5.06. The van der Waals surface area contributed by atoms with Crippen LogP contribution in [0.4, 0.5) is 5.69 Å². The molecule has 0 bridgehead atoms. The number of rotatable bonds is 6. The van der Waals surface area contributed by atoms with E-state index >= 15 is 0 Å². The molecule has 0 aliphatic heterocycles. The van der Waals surface area contributed by atoms with Gasteiger partial charge >= 0.3 is 5.97 Å². The summed E-state index contributed by atoms with van der Waals surface area (Å²) in [7, 11) is 1.62. The zero-order chi connectivity index (χ0) is 21.8. The number of fused-ring (bicyclic) bond motifs is 1. The Hall–Kier alpha value is -3.48. The molecule has 0 aliphatic rings. The predicted octanol–water partition coefficient (Wildman–Crippen LogP) is 3.26. The van der Waals surface area contributed by atoms with Crippen molar-refractivity contribution in [3.05, 3.63) is 70.6 Å². The second kappa shape index (κ2) is 8.90. The summed E-state index contributed by atoms with van der Waals surface area (Å²) in [6.45, 7) is 5.81. The third kappa shape index (κ3) is 4.40. The standard InChI is InChI=1S/C23H25N3O4/c1-15(2)14-26-22(28)19-13-9-8-12-18(19)20(24-26)23(29)30-16(3)21(27)25(4)17-10-6-5-7-11-17/h5-13,15-16H,14H2,1-4H3/t16-/m0/s1. The third-order valence-electron chi connectivity index (χ3n) is 4.70. The molecule has 7 nitrogen and oxygen atoms in total. The van der Waals surface area contributed by atoms with Crippen LogP contribution in [-0.2, 0) is 16.1 Å². The SMILES string of the molecule is CC(C)Cn1nc(C(=O)O[C@@H](C)C(=O)N(C)c2ccccc2)c2ccccc2c1=O. The summed E-state index contributed by atoms with van der Waals surface area (Å²) >= 11 is 0. The Bertz CT molecular complexity index is 1120. The average Bonchev–Trinajstić information content (AvgIpc) is 2.74. The number of nitrogens with zero attached hydrogens (tertiary/aromatic N) is 3. The maximum atomic E-state index is 12.9. The minimum Gasteiger partial charge on any atom is -0.448 e. The third-order valence-corrected chi connectivity index (χ3v) is 4.70. The van der Waals surface area contributed by atoms with Gasteiger partial charge in [-0.15, -0.1) is 0 Å². The minimum absolute atomic E-state index is 0.0212. The molecule has 3 aromatic rings. The molecule has 1 aromatic heterocycles. The van der Waals surface area contributed by atoms with Crippen molar-refractivity contribution in [1.82, 2.24) is 9.78 Å². The highest BCUT2D eigenvalue weighted by atomic mass is 16.5. The van der Waals surface area contributed by atoms with Crippen LogP contribution in [0, 0.1) is 5.92 Å². The Morgan fingerprint density at radius 1 is 1.00 bits per heavy atom. The first-order valence-corrected chi connectivity index (χ1v) is 9.83. The molecule has 0 saturated carbocycles. The Morgan fingerprint density at radius 2 is 1.60 bits per heavy atom. The van der Waals surface area contributed by atoms with Crippen molar-refractivity contribution < 1.29 is 14.3 Å². The number of carbonyl (C=O) groups excluding carboxylic acids is 2. The molecule has 0 unspecified atom stereocenters. The number of benzene rings is 2. The zero-order valence-electron chi connectivity index (χ0n) is 17.5. The number of hydrogen-bond donors (Lipinski definition) is 0. The van der Waals surface area contributed by atoms with Crippen LogP contribution in [0.1, 0.15) is 31.3 Å². The van der Waals surface area contributed by atoms with E-state index < -0.39 is 12.1 Å². The average molecular weight is 407 g/mol. The van der Waals surface area contributed by atoms with Gasteiger partial charge in [0, 0.05) is 24.7 Å². The Kier molecular flexibility index (Phi) is 6.30. The molecular weight excluding hydrogens is 382 g/mol. The Balaban J connectivity index is 1.90. The van der Waals surface area contributed by atoms with Crippen LogP contribution in [0.3, 0.4) is 0 Å². The molecule has 0 N–H and O–H groups in total. The molecule has 1 amide bonds. The molecule has 0 saturated heterocycles. The number of amides is 1. The van der Waals surface area contributed by atoms with Gasteiger partial charge in [-0.3, -0.25) is 9.59 Å². The molecule has 2 aromatic carbocycles. The molecule has 156 valence electrons. The van der Waals surface area contributed by atoms with Gasteiger partial charge in [0.15, 0.2) is 11.8 Å². The Morgan fingerprint density at radius 3 is 2.23 bits per heavy atom. The van der Waals surface area contributed by atoms with Crippen molar-refractivity contribution in [3.8, 4) is 0 Å². The lowest BCUT2D eigenvalue weighted by atomic mass is 10.1. The minimum atomic E-state index is -1.02. The molecule has 0 spiro atoms. The highest BCUT2D eigenvalue weighted by Crippen LogP contribution is 2.17.